The molecule has 2 aliphatic rings. The third-order valence-electron chi connectivity index (χ3n) is 6.46. The molecule has 0 bridgehead atoms. The van der Waals surface area contributed by atoms with Crippen molar-refractivity contribution in [2.75, 3.05) is 37.6 Å². The Kier molecular flexibility index (Phi) is 7.19. The van der Waals surface area contributed by atoms with Crippen molar-refractivity contribution in [1.29, 1.82) is 0 Å². The Morgan fingerprint density at radius 2 is 1.84 bits per heavy atom. The molecule has 0 amide bonds. The fraction of sp³-hybridized carbons (Fsp3) is 0.259. The summed E-state index contributed by atoms with van der Waals surface area (Å²) >= 11 is 1.25. The summed E-state index contributed by atoms with van der Waals surface area (Å²) in [7, 11) is 0. The van der Waals surface area contributed by atoms with Gasteiger partial charge in [-0.1, -0.05) is 6.07 Å². The van der Waals surface area contributed by atoms with Crippen LogP contribution in [0.25, 0.3) is 21.7 Å². The second kappa shape index (κ2) is 10.6. The molecule has 1 N–H and O–H groups in total. The molecule has 3 aromatic rings. The molecule has 5 rings (SSSR count). The number of alkyl halides is 3. The van der Waals surface area contributed by atoms with Crippen LogP contribution in [0.3, 0.4) is 0 Å². The average Bonchev–Trinajstić information content (AvgIpc) is 3.40. The van der Waals surface area contributed by atoms with Crippen LogP contribution >= 0.6 is 11.3 Å². The third-order valence-corrected chi connectivity index (χ3v) is 7.42. The van der Waals surface area contributed by atoms with Crippen molar-refractivity contribution < 1.29 is 22.0 Å². The van der Waals surface area contributed by atoms with E-state index in [1.54, 1.807) is 12.3 Å². The van der Waals surface area contributed by atoms with Crippen LogP contribution in [0.5, 0.6) is 0 Å². The van der Waals surface area contributed by atoms with E-state index in [1.807, 2.05) is 17.5 Å². The summed E-state index contributed by atoms with van der Waals surface area (Å²) in [6, 6.07) is 8.70. The second-order valence-corrected chi connectivity index (χ2v) is 9.84. The van der Waals surface area contributed by atoms with Crippen LogP contribution in [0.2, 0.25) is 0 Å². The summed E-state index contributed by atoms with van der Waals surface area (Å²) < 4.78 is 69.3. The molecule has 2 aliphatic heterocycles. The van der Waals surface area contributed by atoms with Crippen molar-refractivity contribution in [2.24, 2.45) is 0 Å². The molecule has 1 saturated heterocycles. The van der Waals surface area contributed by atoms with Gasteiger partial charge >= 0.3 is 6.18 Å². The molecule has 0 unspecified atom stereocenters. The van der Waals surface area contributed by atoms with Gasteiger partial charge in [0.05, 0.1) is 29.3 Å². The lowest BCUT2D eigenvalue weighted by atomic mass is 10.0. The number of nitrogens with one attached hydrogen (secondary N) is 1. The van der Waals surface area contributed by atoms with Crippen LogP contribution in [0.15, 0.2) is 65.3 Å². The van der Waals surface area contributed by atoms with E-state index in [1.165, 1.54) is 22.3 Å². The number of thiophene rings is 1. The molecule has 2 aromatic heterocycles. The van der Waals surface area contributed by atoms with E-state index >= 15 is 0 Å². The zero-order valence-electron chi connectivity index (χ0n) is 20.0. The largest absolute Gasteiger partial charge is 0.407 e. The fourth-order valence-corrected chi connectivity index (χ4v) is 5.45. The van der Waals surface area contributed by atoms with E-state index < -0.39 is 29.1 Å². The topological polar surface area (TPSA) is 35.8 Å². The first kappa shape index (κ1) is 25.9. The first-order valence-electron chi connectivity index (χ1n) is 11.8. The molecule has 5 nitrogen and oxygen atoms in total. The molecule has 196 valence electrons. The zero-order valence-corrected chi connectivity index (χ0v) is 20.8. The van der Waals surface area contributed by atoms with Gasteiger partial charge in [0, 0.05) is 56.1 Å². The van der Waals surface area contributed by atoms with Gasteiger partial charge in [-0.2, -0.15) is 13.2 Å². The molecule has 0 saturated carbocycles. The van der Waals surface area contributed by atoms with Gasteiger partial charge in [-0.25, -0.2) is 18.6 Å². The maximum absolute atomic E-state index is 14.4. The van der Waals surface area contributed by atoms with Crippen LogP contribution in [-0.4, -0.2) is 48.8 Å². The van der Waals surface area contributed by atoms with Gasteiger partial charge in [-0.3, -0.25) is 0 Å². The molecule has 1 fully saturated rings. The SMILES string of the molecule is [C-]#[N+]C1=C(C(F)(F)F)C=C(c2cc(-c3ccc(N4CCNCC4)nc3)cs2)N(Cc2ccc(F)cc2F)C1. The highest BCUT2D eigenvalue weighted by Gasteiger charge is 2.38. The fourth-order valence-electron chi connectivity index (χ4n) is 4.49. The van der Waals surface area contributed by atoms with Crippen LogP contribution in [0.1, 0.15) is 10.4 Å². The normalized spacial score (nSPS) is 16.5. The number of pyridine rings is 1. The van der Waals surface area contributed by atoms with Crippen LogP contribution in [0, 0.1) is 18.2 Å². The van der Waals surface area contributed by atoms with Gasteiger partial charge < -0.3 is 15.1 Å². The monoisotopic (exact) mass is 543 g/mol. The number of hydrogen-bond donors (Lipinski definition) is 1. The van der Waals surface area contributed by atoms with Crippen LogP contribution < -0.4 is 10.2 Å². The average molecular weight is 544 g/mol. The van der Waals surface area contributed by atoms with Gasteiger partial charge in [0.1, 0.15) is 17.5 Å². The molecule has 11 heteroatoms. The smallest absolute Gasteiger partial charge is 0.371 e. The van der Waals surface area contributed by atoms with Crippen molar-refractivity contribution in [3.05, 3.63) is 98.8 Å². The minimum absolute atomic E-state index is 0.113. The van der Waals surface area contributed by atoms with E-state index in [-0.39, 0.29) is 24.4 Å². The summed E-state index contributed by atoms with van der Waals surface area (Å²) in [5.41, 5.74) is 0.430. The minimum atomic E-state index is -4.72. The maximum atomic E-state index is 14.4. The van der Waals surface area contributed by atoms with Gasteiger partial charge in [0.15, 0.2) is 5.70 Å². The molecule has 4 heterocycles. The first-order chi connectivity index (χ1) is 18.2. The number of hydrogen-bond acceptors (Lipinski definition) is 5. The van der Waals surface area contributed by atoms with Crippen molar-refractivity contribution in [2.45, 2.75) is 12.7 Å². The number of piperazine rings is 1. The lowest BCUT2D eigenvalue weighted by molar-refractivity contribution is -0.0893. The number of rotatable bonds is 5. The van der Waals surface area contributed by atoms with Gasteiger partial charge in [-0.05, 0) is 41.3 Å². The minimum Gasteiger partial charge on any atom is -0.371 e. The summed E-state index contributed by atoms with van der Waals surface area (Å²) in [6.07, 6.45) is -2.04. The highest BCUT2D eigenvalue weighted by atomic mass is 32.1. The highest BCUT2D eigenvalue weighted by Crippen LogP contribution is 2.40. The van der Waals surface area contributed by atoms with E-state index in [0.717, 1.165) is 61.3 Å². The summed E-state index contributed by atoms with van der Waals surface area (Å²) in [5.74, 6) is -0.692. The summed E-state index contributed by atoms with van der Waals surface area (Å²) in [5, 5.41) is 5.12. The number of allylic oxidation sites excluding steroid dienone is 2. The molecular formula is C27H22F5N5S. The van der Waals surface area contributed by atoms with E-state index in [9.17, 15) is 22.0 Å². The quantitative estimate of drug-likeness (QED) is 0.312. The predicted molar refractivity (Wildman–Crippen MR) is 137 cm³/mol. The first-order valence-corrected chi connectivity index (χ1v) is 12.7. The number of halogens is 5. The van der Waals surface area contributed by atoms with Crippen molar-refractivity contribution in [3.8, 4) is 11.1 Å². The molecule has 38 heavy (non-hydrogen) atoms. The number of benzene rings is 1. The van der Waals surface area contributed by atoms with E-state index in [0.29, 0.717) is 4.88 Å². The van der Waals surface area contributed by atoms with E-state index in [4.69, 9.17) is 6.57 Å². The van der Waals surface area contributed by atoms with Crippen molar-refractivity contribution >= 4 is 22.9 Å². The van der Waals surface area contributed by atoms with Gasteiger partial charge in [0.25, 0.3) is 0 Å². The Hall–Kier alpha value is -3.75. The molecular weight excluding hydrogens is 521 g/mol. The van der Waals surface area contributed by atoms with Crippen molar-refractivity contribution in [3.63, 3.8) is 0 Å². The van der Waals surface area contributed by atoms with Crippen LogP contribution in [0.4, 0.5) is 27.8 Å². The molecule has 0 atom stereocenters. The third kappa shape index (κ3) is 5.42. The lowest BCUT2D eigenvalue weighted by Gasteiger charge is -2.32. The van der Waals surface area contributed by atoms with Crippen LogP contribution in [-0.2, 0) is 6.54 Å². The van der Waals surface area contributed by atoms with Gasteiger partial charge in [0.2, 0.25) is 0 Å². The van der Waals surface area contributed by atoms with E-state index in [2.05, 4.69) is 20.0 Å². The Labute approximate surface area is 220 Å². The number of aromatic nitrogens is 1. The lowest BCUT2D eigenvalue weighted by Crippen LogP contribution is -2.43. The molecule has 0 spiro atoms. The highest BCUT2D eigenvalue weighted by molar-refractivity contribution is 7.11. The predicted octanol–water partition coefficient (Wildman–Crippen LogP) is 6.09. The Morgan fingerprint density at radius 3 is 2.50 bits per heavy atom. The maximum Gasteiger partial charge on any atom is 0.407 e. The molecule has 1 aromatic carbocycles. The Morgan fingerprint density at radius 1 is 1.05 bits per heavy atom. The summed E-state index contributed by atoms with van der Waals surface area (Å²) in [6.45, 7) is 10.3. The van der Waals surface area contributed by atoms with Gasteiger partial charge in [-0.15, -0.1) is 11.3 Å². The zero-order chi connectivity index (χ0) is 26.9. The van der Waals surface area contributed by atoms with Crippen molar-refractivity contribution in [1.82, 2.24) is 15.2 Å². The standard InChI is InChI=1S/C27H22F5N5S/c1-33-23-15-37(14-18-2-4-20(28)11-22(18)29)24(12-21(23)27(30,31)32)25-10-19(16-38-25)17-3-5-26(35-13-17)36-8-6-34-7-9-36/h2-5,10-13,16,34H,6-9,14-15H2. The number of nitrogens with zero attached hydrogens (tertiary/aromatic N) is 4. The molecule has 0 aliphatic carbocycles. The number of anilines is 1. The second-order valence-electron chi connectivity index (χ2n) is 8.93. The Bertz CT molecular complexity index is 1430. The Balaban J connectivity index is 1.48. The molecule has 0 radical (unpaired) electrons. The summed E-state index contributed by atoms with van der Waals surface area (Å²) in [4.78, 5) is 11.9.